The summed E-state index contributed by atoms with van der Waals surface area (Å²) in [5.74, 6) is 2.49. The van der Waals surface area contributed by atoms with Gasteiger partial charge in [0.25, 0.3) is 0 Å². The second-order valence-corrected chi connectivity index (χ2v) is 17.8. The summed E-state index contributed by atoms with van der Waals surface area (Å²) < 4.78 is 25.5. The highest BCUT2D eigenvalue weighted by molar-refractivity contribution is 6.43. The molecule has 4 N–H and O–H groups in total. The Balaban J connectivity index is 0.000000181. The normalized spacial score (nSPS) is 23.2. The summed E-state index contributed by atoms with van der Waals surface area (Å²) in [6, 6.07) is 10.3. The van der Waals surface area contributed by atoms with E-state index in [2.05, 4.69) is 9.80 Å². The van der Waals surface area contributed by atoms with Gasteiger partial charge in [-0.05, 0) is 77.6 Å². The van der Waals surface area contributed by atoms with Crippen molar-refractivity contribution in [2.24, 2.45) is 22.3 Å². The third kappa shape index (κ3) is 7.87. The van der Waals surface area contributed by atoms with Crippen LogP contribution in [0.25, 0.3) is 11.4 Å². The molecule has 8 rings (SSSR count). The van der Waals surface area contributed by atoms with Crippen LogP contribution in [0.5, 0.6) is 11.5 Å². The van der Waals surface area contributed by atoms with E-state index in [0.717, 1.165) is 51.9 Å². The molecule has 4 atom stereocenters. The van der Waals surface area contributed by atoms with Crippen molar-refractivity contribution in [1.82, 2.24) is 19.1 Å². The van der Waals surface area contributed by atoms with Gasteiger partial charge in [-0.25, -0.2) is 9.97 Å². The van der Waals surface area contributed by atoms with E-state index in [1.54, 1.807) is 50.2 Å². The Morgan fingerprint density at radius 3 is 1.30 bits per heavy atom. The van der Waals surface area contributed by atoms with Crippen LogP contribution in [0.3, 0.4) is 0 Å². The van der Waals surface area contributed by atoms with Gasteiger partial charge in [-0.3, -0.25) is 18.7 Å². The number of hydrogen-bond acceptors (Lipinski definition) is 12. The number of aryl methyl sites for hydroxylation is 2. The third-order valence-corrected chi connectivity index (χ3v) is 14.6. The first-order chi connectivity index (χ1) is 28.6. The van der Waals surface area contributed by atoms with Crippen LogP contribution in [0.2, 0.25) is 20.1 Å². The molecule has 14 nitrogen and oxygen atoms in total. The molecule has 4 saturated heterocycles. The highest BCUT2D eigenvalue weighted by Gasteiger charge is 2.49. The van der Waals surface area contributed by atoms with Crippen LogP contribution in [0.1, 0.15) is 51.2 Å². The van der Waals surface area contributed by atoms with Gasteiger partial charge in [0.15, 0.2) is 11.6 Å². The van der Waals surface area contributed by atoms with Crippen LogP contribution in [-0.4, -0.2) is 97.0 Å². The smallest absolute Gasteiger partial charge is 0.302 e. The van der Waals surface area contributed by atoms with Crippen LogP contribution in [-0.2, 0) is 9.47 Å². The second kappa shape index (κ2) is 17.6. The maximum atomic E-state index is 13.3. The number of rotatable bonds is 6. The maximum Gasteiger partial charge on any atom is 0.302 e. The van der Waals surface area contributed by atoms with Crippen LogP contribution >= 0.6 is 46.4 Å². The molecule has 0 amide bonds. The molecule has 4 aromatic rings. The van der Waals surface area contributed by atoms with E-state index >= 15 is 0 Å². The lowest BCUT2D eigenvalue weighted by atomic mass is 9.73. The molecule has 18 heteroatoms. The van der Waals surface area contributed by atoms with Crippen molar-refractivity contribution in [1.29, 1.82) is 0 Å². The van der Waals surface area contributed by atoms with Gasteiger partial charge in [0.2, 0.25) is 11.5 Å². The first-order valence-electron chi connectivity index (χ1n) is 20.1. The summed E-state index contributed by atoms with van der Waals surface area (Å²) in [5.41, 5.74) is 13.1. The largest absolute Gasteiger partial charge is 0.488 e. The number of nitrogens with zero attached hydrogens (tertiary/aromatic N) is 6. The summed E-state index contributed by atoms with van der Waals surface area (Å²) in [4.78, 5) is 40.3. The van der Waals surface area contributed by atoms with E-state index in [0.29, 0.717) is 68.0 Å². The summed E-state index contributed by atoms with van der Waals surface area (Å²) in [6.07, 6.45) is 3.66. The molecule has 2 aromatic carbocycles. The molecule has 4 aliphatic rings. The van der Waals surface area contributed by atoms with Crippen molar-refractivity contribution in [2.75, 3.05) is 63.4 Å². The number of benzene rings is 2. The van der Waals surface area contributed by atoms with E-state index in [1.807, 2.05) is 13.8 Å². The van der Waals surface area contributed by atoms with Crippen molar-refractivity contribution in [3.05, 3.63) is 88.8 Å². The number of hydrogen-bond donors (Lipinski definition) is 2. The van der Waals surface area contributed by atoms with Gasteiger partial charge in [0, 0.05) is 49.1 Å². The highest BCUT2D eigenvalue weighted by atomic mass is 35.5. The molecule has 6 heterocycles. The molecule has 0 unspecified atom stereocenters. The Morgan fingerprint density at radius 1 is 0.650 bits per heavy atom. The predicted molar refractivity (Wildman–Crippen MR) is 237 cm³/mol. The van der Waals surface area contributed by atoms with Crippen LogP contribution in [0.4, 0.5) is 11.6 Å². The molecule has 60 heavy (non-hydrogen) atoms. The summed E-state index contributed by atoms with van der Waals surface area (Å²) >= 11 is 25.0. The minimum atomic E-state index is -0.320. The van der Waals surface area contributed by atoms with Crippen LogP contribution in [0, 0.1) is 24.7 Å². The first-order valence-corrected chi connectivity index (χ1v) is 21.6. The Hall–Kier alpha value is -3.60. The number of piperidine rings is 2. The van der Waals surface area contributed by atoms with Crippen molar-refractivity contribution < 1.29 is 18.9 Å². The zero-order valence-corrected chi connectivity index (χ0v) is 37.7. The molecule has 0 saturated carbocycles. The highest BCUT2D eigenvalue weighted by Crippen LogP contribution is 2.44. The Kier molecular flexibility index (Phi) is 13.1. The molecule has 2 spiro atoms. The van der Waals surface area contributed by atoms with E-state index in [4.69, 9.17) is 86.8 Å². The molecule has 4 aliphatic heterocycles. The Bertz CT molecular complexity index is 2200. The molecule has 2 aromatic heterocycles. The van der Waals surface area contributed by atoms with Gasteiger partial charge in [0.1, 0.15) is 11.6 Å². The van der Waals surface area contributed by atoms with Gasteiger partial charge in [-0.2, -0.15) is 0 Å². The number of methoxy groups -OCH3 is 2. The van der Waals surface area contributed by atoms with E-state index in [-0.39, 0.29) is 57.7 Å². The molecule has 324 valence electrons. The monoisotopic (exact) mass is 904 g/mol. The number of nitrogens with two attached hydrogens (primary N) is 2. The van der Waals surface area contributed by atoms with E-state index < -0.39 is 0 Å². The quantitative estimate of drug-likeness (QED) is 0.220. The lowest BCUT2D eigenvalue weighted by molar-refractivity contribution is 0.0973. The fraction of sp³-hybridized carbons (Fsp3) is 0.524. The molecule has 0 aliphatic carbocycles. The topological polar surface area (TPSA) is 165 Å². The predicted octanol–water partition coefficient (Wildman–Crippen LogP) is 6.38. The van der Waals surface area contributed by atoms with Gasteiger partial charge in [0.05, 0.1) is 71.1 Å². The SMILES string of the molecule is COc1c(N2CCC3(CC2)CO[C@@H](C)[C@H]3N)nc(C)n(-c2cccc(Cl)c2Cl)c1=O.COc1c(N2CCC3(CC2)CO[C@@H](C)[C@H]3N)nc(C)n(-c2cccc(Cl)c2Cl)c1=O. The Labute approximate surface area is 369 Å². The van der Waals surface area contributed by atoms with Gasteiger partial charge in [-0.15, -0.1) is 0 Å². The molecule has 4 fully saturated rings. The van der Waals surface area contributed by atoms with Crippen molar-refractivity contribution in [3.63, 3.8) is 0 Å². The average molecular weight is 907 g/mol. The summed E-state index contributed by atoms with van der Waals surface area (Å²) in [7, 11) is 2.96. The molecule has 0 bridgehead atoms. The fourth-order valence-electron chi connectivity index (χ4n) is 9.15. The number of anilines is 2. The summed E-state index contributed by atoms with van der Waals surface area (Å²) in [6.45, 7) is 11.9. The zero-order chi connectivity index (χ0) is 43.3. The van der Waals surface area contributed by atoms with Crippen molar-refractivity contribution in [2.45, 2.75) is 77.7 Å². The van der Waals surface area contributed by atoms with Crippen LogP contribution in [0.15, 0.2) is 46.0 Å². The molecular formula is C42H52Cl4N8O6. The second-order valence-electron chi connectivity index (χ2n) is 16.2. The number of aromatic nitrogens is 4. The Morgan fingerprint density at radius 2 is 1.00 bits per heavy atom. The zero-order valence-electron chi connectivity index (χ0n) is 34.6. The third-order valence-electron chi connectivity index (χ3n) is 12.9. The van der Waals surface area contributed by atoms with Gasteiger partial charge >= 0.3 is 11.1 Å². The van der Waals surface area contributed by atoms with E-state index in [9.17, 15) is 9.59 Å². The summed E-state index contributed by atoms with van der Waals surface area (Å²) in [5, 5.41) is 1.33. The van der Waals surface area contributed by atoms with E-state index in [1.165, 1.54) is 23.4 Å². The van der Waals surface area contributed by atoms with Crippen molar-refractivity contribution >= 4 is 58.0 Å². The number of halogens is 4. The lowest BCUT2D eigenvalue weighted by Gasteiger charge is -2.41. The van der Waals surface area contributed by atoms with Crippen LogP contribution < -0.4 is 41.9 Å². The molecule has 0 radical (unpaired) electrons. The average Bonchev–Trinajstić information content (AvgIpc) is 3.66. The van der Waals surface area contributed by atoms with Gasteiger partial charge in [-0.1, -0.05) is 58.5 Å². The first kappa shape index (κ1) is 44.5. The number of ether oxygens (including phenoxy) is 4. The van der Waals surface area contributed by atoms with Gasteiger partial charge < -0.3 is 40.2 Å². The van der Waals surface area contributed by atoms with Crippen molar-refractivity contribution in [3.8, 4) is 22.9 Å². The molecular weight excluding hydrogens is 854 g/mol. The fourth-order valence-corrected chi connectivity index (χ4v) is 9.91. The maximum absolute atomic E-state index is 13.3. The lowest BCUT2D eigenvalue weighted by Crippen LogP contribution is -2.51. The minimum absolute atomic E-state index is 0.0124. The standard InChI is InChI=1S/2C21H26Cl2N4O3/c2*1-12-18(24)21(11-30-12)7-9-26(10-8-21)19-17(29-3)20(28)27(13(2)25-19)15-6-4-5-14(22)16(15)23/h2*4-6,12,18H,7-11,24H2,1-3H3/t2*12-,18+/m00/s1. The minimum Gasteiger partial charge on any atom is -0.488 e.